The summed E-state index contributed by atoms with van der Waals surface area (Å²) in [4.78, 5) is 12.3. The molecule has 0 radical (unpaired) electrons. The van der Waals surface area contributed by atoms with Crippen LogP contribution in [0.1, 0.15) is 11.1 Å². The highest BCUT2D eigenvalue weighted by Crippen LogP contribution is 2.28. The molecule has 0 aliphatic rings. The Bertz CT molecular complexity index is 1210. The van der Waals surface area contributed by atoms with Gasteiger partial charge in [-0.2, -0.15) is 0 Å². The number of hydrogen-bond acceptors (Lipinski definition) is 4. The van der Waals surface area contributed by atoms with Crippen molar-refractivity contribution in [2.24, 2.45) is 0 Å². The molecule has 162 valence electrons. The van der Waals surface area contributed by atoms with Crippen LogP contribution in [-0.4, -0.2) is 20.9 Å². The molecule has 6 nitrogen and oxygen atoms in total. The first-order valence-electron chi connectivity index (χ1n) is 9.22. The van der Waals surface area contributed by atoms with E-state index in [0.29, 0.717) is 17.1 Å². The zero-order valence-electron chi connectivity index (χ0n) is 16.8. The predicted octanol–water partition coefficient (Wildman–Crippen LogP) is 5.65. The number of sulfonamides is 1. The van der Waals surface area contributed by atoms with Crippen molar-refractivity contribution in [1.82, 2.24) is 0 Å². The number of halogens is 2. The quantitative estimate of drug-likeness (QED) is 0.386. The van der Waals surface area contributed by atoms with Crippen LogP contribution < -0.4 is 14.8 Å². The van der Waals surface area contributed by atoms with Crippen LogP contribution >= 0.6 is 31.9 Å². The second-order valence-electron chi connectivity index (χ2n) is 6.84. The highest BCUT2D eigenvalue weighted by molar-refractivity contribution is 9.11. The van der Waals surface area contributed by atoms with Crippen molar-refractivity contribution in [1.29, 1.82) is 0 Å². The Morgan fingerprint density at radius 3 is 2.23 bits per heavy atom. The fourth-order valence-corrected chi connectivity index (χ4v) is 4.88. The summed E-state index contributed by atoms with van der Waals surface area (Å²) in [7, 11) is -3.74. The smallest absolute Gasteiger partial charge is 0.262 e. The molecular formula is C22H20Br2N2O4S. The van der Waals surface area contributed by atoms with Crippen molar-refractivity contribution in [2.45, 2.75) is 18.7 Å². The summed E-state index contributed by atoms with van der Waals surface area (Å²) in [5.74, 6) is 0.177. The number of amides is 1. The number of carbonyl (C=O) groups is 1. The van der Waals surface area contributed by atoms with Gasteiger partial charge in [-0.05, 0) is 95.5 Å². The second kappa shape index (κ2) is 9.84. The van der Waals surface area contributed by atoms with Crippen LogP contribution in [0.15, 0.2) is 74.5 Å². The number of aryl methyl sites for hydroxylation is 2. The van der Waals surface area contributed by atoms with Crippen LogP contribution in [0.2, 0.25) is 0 Å². The molecule has 0 aromatic heterocycles. The molecule has 2 N–H and O–H groups in total. The molecule has 0 unspecified atom stereocenters. The van der Waals surface area contributed by atoms with Crippen molar-refractivity contribution >= 4 is 59.2 Å². The van der Waals surface area contributed by atoms with Gasteiger partial charge in [-0.1, -0.05) is 22.0 Å². The van der Waals surface area contributed by atoms with Crippen LogP contribution in [0.5, 0.6) is 5.75 Å². The standard InChI is InChI=1S/C22H20Br2N2O4S/c1-14-3-5-18(11-15(14)2)26-31(28,29)19-8-6-17(7-9-19)25-22(27)13-30-21-10-4-16(23)12-20(21)24/h3-12,26H,13H2,1-2H3,(H,25,27). The first-order valence-corrected chi connectivity index (χ1v) is 12.3. The SMILES string of the molecule is Cc1ccc(NS(=O)(=O)c2ccc(NC(=O)COc3ccc(Br)cc3Br)cc2)cc1C. The lowest BCUT2D eigenvalue weighted by Crippen LogP contribution is -2.20. The van der Waals surface area contributed by atoms with Crippen LogP contribution in [0.3, 0.4) is 0 Å². The van der Waals surface area contributed by atoms with E-state index in [1.54, 1.807) is 18.2 Å². The van der Waals surface area contributed by atoms with Gasteiger partial charge in [0.1, 0.15) is 5.75 Å². The Morgan fingerprint density at radius 2 is 1.58 bits per heavy atom. The maximum Gasteiger partial charge on any atom is 0.262 e. The van der Waals surface area contributed by atoms with Crippen molar-refractivity contribution in [3.8, 4) is 5.75 Å². The van der Waals surface area contributed by atoms with Crippen molar-refractivity contribution in [2.75, 3.05) is 16.6 Å². The van der Waals surface area contributed by atoms with Crippen LogP contribution in [0.4, 0.5) is 11.4 Å². The number of nitrogens with one attached hydrogen (secondary N) is 2. The molecule has 3 aromatic carbocycles. The summed E-state index contributed by atoms with van der Waals surface area (Å²) in [5, 5.41) is 2.68. The summed E-state index contributed by atoms with van der Waals surface area (Å²) in [5.41, 5.74) is 3.04. The van der Waals surface area contributed by atoms with Crippen molar-refractivity contribution in [3.05, 3.63) is 80.7 Å². The van der Waals surface area contributed by atoms with E-state index in [2.05, 4.69) is 41.9 Å². The number of rotatable bonds is 7. The Kier molecular flexibility index (Phi) is 7.40. The Hall–Kier alpha value is -2.36. The molecule has 0 saturated carbocycles. The average molecular weight is 568 g/mol. The van der Waals surface area contributed by atoms with Gasteiger partial charge in [0.15, 0.2) is 6.61 Å². The molecule has 0 aliphatic carbocycles. The molecule has 31 heavy (non-hydrogen) atoms. The Balaban J connectivity index is 1.61. The minimum Gasteiger partial charge on any atom is -0.483 e. The van der Waals surface area contributed by atoms with Gasteiger partial charge in [0.25, 0.3) is 15.9 Å². The fraction of sp³-hybridized carbons (Fsp3) is 0.136. The number of ether oxygens (including phenoxy) is 1. The normalized spacial score (nSPS) is 11.1. The lowest BCUT2D eigenvalue weighted by Gasteiger charge is -2.11. The summed E-state index contributed by atoms with van der Waals surface area (Å²) in [6.45, 7) is 3.70. The van der Waals surface area contributed by atoms with E-state index in [1.165, 1.54) is 24.3 Å². The Morgan fingerprint density at radius 1 is 0.903 bits per heavy atom. The van der Waals surface area contributed by atoms with Gasteiger partial charge >= 0.3 is 0 Å². The molecule has 0 spiro atoms. The summed E-state index contributed by atoms with van der Waals surface area (Å²) in [6, 6.07) is 16.7. The lowest BCUT2D eigenvalue weighted by atomic mass is 10.1. The number of anilines is 2. The zero-order valence-corrected chi connectivity index (χ0v) is 20.8. The van der Waals surface area contributed by atoms with E-state index in [9.17, 15) is 13.2 Å². The van der Waals surface area contributed by atoms with Crippen LogP contribution in [0.25, 0.3) is 0 Å². The third-order valence-corrected chi connectivity index (χ3v) is 6.97. The van der Waals surface area contributed by atoms with Gasteiger partial charge in [0.2, 0.25) is 0 Å². The molecule has 0 heterocycles. The van der Waals surface area contributed by atoms with Gasteiger partial charge in [-0.3, -0.25) is 9.52 Å². The third kappa shape index (κ3) is 6.32. The first kappa shape index (κ1) is 23.3. The largest absolute Gasteiger partial charge is 0.483 e. The molecule has 3 aromatic rings. The minimum absolute atomic E-state index is 0.0961. The van der Waals surface area contributed by atoms with Crippen molar-refractivity contribution < 1.29 is 17.9 Å². The predicted molar refractivity (Wildman–Crippen MR) is 129 cm³/mol. The van der Waals surface area contributed by atoms with Crippen LogP contribution in [-0.2, 0) is 14.8 Å². The van der Waals surface area contributed by atoms with Gasteiger partial charge < -0.3 is 10.1 Å². The van der Waals surface area contributed by atoms with E-state index >= 15 is 0 Å². The maximum atomic E-state index is 12.6. The summed E-state index contributed by atoms with van der Waals surface area (Å²) >= 11 is 6.72. The molecular weight excluding hydrogens is 548 g/mol. The highest BCUT2D eigenvalue weighted by atomic mass is 79.9. The van der Waals surface area contributed by atoms with E-state index in [4.69, 9.17) is 4.74 Å². The molecule has 0 aliphatic heterocycles. The molecule has 3 rings (SSSR count). The van der Waals surface area contributed by atoms with E-state index in [0.717, 1.165) is 20.1 Å². The first-order chi connectivity index (χ1) is 14.6. The monoisotopic (exact) mass is 566 g/mol. The van der Waals surface area contributed by atoms with Crippen molar-refractivity contribution in [3.63, 3.8) is 0 Å². The Labute approximate surface area is 198 Å². The average Bonchev–Trinajstić information content (AvgIpc) is 2.70. The maximum absolute atomic E-state index is 12.6. The molecule has 0 fully saturated rings. The van der Waals surface area contributed by atoms with E-state index in [-0.39, 0.29) is 17.4 Å². The highest BCUT2D eigenvalue weighted by Gasteiger charge is 2.15. The van der Waals surface area contributed by atoms with Gasteiger partial charge in [-0.25, -0.2) is 8.42 Å². The van der Waals surface area contributed by atoms with E-state index in [1.807, 2.05) is 32.0 Å². The second-order valence-corrected chi connectivity index (χ2v) is 10.3. The molecule has 1 amide bonds. The van der Waals surface area contributed by atoms with Crippen LogP contribution in [0, 0.1) is 13.8 Å². The van der Waals surface area contributed by atoms with Gasteiger partial charge in [-0.15, -0.1) is 0 Å². The topological polar surface area (TPSA) is 84.5 Å². The summed E-state index contributed by atoms with van der Waals surface area (Å²) in [6.07, 6.45) is 0. The van der Waals surface area contributed by atoms with Gasteiger partial charge in [0, 0.05) is 15.8 Å². The minimum atomic E-state index is -3.74. The fourth-order valence-electron chi connectivity index (χ4n) is 2.67. The zero-order chi connectivity index (χ0) is 22.6. The lowest BCUT2D eigenvalue weighted by molar-refractivity contribution is -0.118. The summed E-state index contributed by atoms with van der Waals surface area (Å²) < 4.78 is 34.9. The molecule has 0 bridgehead atoms. The number of hydrogen-bond donors (Lipinski definition) is 2. The van der Waals surface area contributed by atoms with Gasteiger partial charge in [0.05, 0.1) is 9.37 Å². The number of carbonyl (C=O) groups excluding carboxylic acids is 1. The number of benzene rings is 3. The molecule has 0 saturated heterocycles. The molecule has 0 atom stereocenters. The van der Waals surface area contributed by atoms with E-state index < -0.39 is 10.0 Å². The third-order valence-electron chi connectivity index (χ3n) is 4.46. The molecule has 9 heteroatoms.